The van der Waals surface area contributed by atoms with Gasteiger partial charge in [0, 0.05) is 32.0 Å². The van der Waals surface area contributed by atoms with E-state index in [0.717, 1.165) is 23.8 Å². The summed E-state index contributed by atoms with van der Waals surface area (Å²) < 4.78 is 3.67. The van der Waals surface area contributed by atoms with Crippen molar-refractivity contribution in [3.8, 4) is 0 Å². The Labute approximate surface area is 112 Å². The van der Waals surface area contributed by atoms with E-state index in [2.05, 4.69) is 20.0 Å². The molecule has 0 aliphatic rings. The van der Waals surface area contributed by atoms with Crippen molar-refractivity contribution < 1.29 is 4.79 Å². The van der Waals surface area contributed by atoms with Crippen molar-refractivity contribution in [1.29, 1.82) is 0 Å². The highest BCUT2D eigenvalue weighted by Gasteiger charge is 2.11. The third-order valence-electron chi connectivity index (χ3n) is 3.11. The second kappa shape index (κ2) is 5.26. The molecule has 0 fully saturated rings. The SMILES string of the molecule is Cc1cc(C(=O)NCCn2c(C)cnc2C)n(C)n1. The van der Waals surface area contributed by atoms with Crippen molar-refractivity contribution in [3.63, 3.8) is 0 Å². The van der Waals surface area contributed by atoms with E-state index >= 15 is 0 Å². The van der Waals surface area contributed by atoms with Gasteiger partial charge in [0.1, 0.15) is 11.5 Å². The Morgan fingerprint density at radius 3 is 2.63 bits per heavy atom. The monoisotopic (exact) mass is 261 g/mol. The predicted octanol–water partition coefficient (Wildman–Crippen LogP) is 0.972. The van der Waals surface area contributed by atoms with E-state index in [1.54, 1.807) is 17.8 Å². The lowest BCUT2D eigenvalue weighted by Crippen LogP contribution is -2.29. The molecule has 2 heterocycles. The highest BCUT2D eigenvalue weighted by Crippen LogP contribution is 2.03. The maximum Gasteiger partial charge on any atom is 0.269 e. The van der Waals surface area contributed by atoms with Gasteiger partial charge in [-0.15, -0.1) is 0 Å². The van der Waals surface area contributed by atoms with Gasteiger partial charge in [0.25, 0.3) is 5.91 Å². The molecule has 6 nitrogen and oxygen atoms in total. The van der Waals surface area contributed by atoms with E-state index in [-0.39, 0.29) is 5.91 Å². The lowest BCUT2D eigenvalue weighted by atomic mass is 10.3. The molecule has 19 heavy (non-hydrogen) atoms. The van der Waals surface area contributed by atoms with E-state index in [0.29, 0.717) is 12.2 Å². The Hall–Kier alpha value is -2.11. The van der Waals surface area contributed by atoms with Gasteiger partial charge >= 0.3 is 0 Å². The average molecular weight is 261 g/mol. The van der Waals surface area contributed by atoms with Crippen LogP contribution in [0.1, 0.15) is 27.7 Å². The second-order valence-corrected chi connectivity index (χ2v) is 4.65. The van der Waals surface area contributed by atoms with E-state index in [1.807, 2.05) is 27.0 Å². The molecule has 0 aliphatic carbocycles. The Morgan fingerprint density at radius 1 is 1.37 bits per heavy atom. The molecule has 2 rings (SSSR count). The van der Waals surface area contributed by atoms with Gasteiger partial charge in [0.15, 0.2) is 0 Å². The fourth-order valence-electron chi connectivity index (χ4n) is 2.11. The minimum Gasteiger partial charge on any atom is -0.349 e. The van der Waals surface area contributed by atoms with Crippen LogP contribution in [-0.2, 0) is 13.6 Å². The highest BCUT2D eigenvalue weighted by molar-refractivity contribution is 5.92. The zero-order valence-electron chi connectivity index (χ0n) is 11.8. The number of aryl methyl sites for hydroxylation is 4. The summed E-state index contributed by atoms with van der Waals surface area (Å²) in [6, 6.07) is 1.78. The first kappa shape index (κ1) is 13.3. The van der Waals surface area contributed by atoms with Crippen LogP contribution in [0.25, 0.3) is 0 Å². The average Bonchev–Trinajstić information content (AvgIpc) is 2.84. The number of hydrogen-bond donors (Lipinski definition) is 1. The number of nitrogens with one attached hydrogen (secondary N) is 1. The van der Waals surface area contributed by atoms with Crippen LogP contribution in [-0.4, -0.2) is 31.8 Å². The number of aromatic nitrogens is 4. The van der Waals surface area contributed by atoms with Gasteiger partial charge in [0.05, 0.1) is 5.69 Å². The molecule has 0 radical (unpaired) electrons. The first-order valence-corrected chi connectivity index (χ1v) is 6.26. The second-order valence-electron chi connectivity index (χ2n) is 4.65. The number of carbonyl (C=O) groups excluding carboxylic acids is 1. The molecule has 0 atom stereocenters. The molecule has 2 aromatic rings. The number of amides is 1. The third kappa shape index (κ3) is 2.83. The first-order valence-electron chi connectivity index (χ1n) is 6.26. The van der Waals surface area contributed by atoms with Crippen LogP contribution in [0.2, 0.25) is 0 Å². The Balaban J connectivity index is 1.93. The van der Waals surface area contributed by atoms with Gasteiger partial charge < -0.3 is 9.88 Å². The molecule has 0 aromatic carbocycles. The van der Waals surface area contributed by atoms with Gasteiger partial charge in [-0.1, -0.05) is 0 Å². The van der Waals surface area contributed by atoms with Crippen molar-refractivity contribution in [1.82, 2.24) is 24.6 Å². The van der Waals surface area contributed by atoms with Crippen LogP contribution < -0.4 is 5.32 Å². The molecule has 1 amide bonds. The molecule has 6 heteroatoms. The summed E-state index contributed by atoms with van der Waals surface area (Å²) >= 11 is 0. The molecule has 0 spiro atoms. The molecule has 0 aliphatic heterocycles. The molecule has 0 saturated heterocycles. The largest absolute Gasteiger partial charge is 0.349 e. The topological polar surface area (TPSA) is 64.7 Å². The van der Waals surface area contributed by atoms with Crippen molar-refractivity contribution in [2.75, 3.05) is 6.54 Å². The Bertz CT molecular complexity index is 577. The van der Waals surface area contributed by atoms with E-state index < -0.39 is 0 Å². The van der Waals surface area contributed by atoms with Gasteiger partial charge in [-0.2, -0.15) is 5.10 Å². The molecule has 0 unspecified atom stereocenters. The highest BCUT2D eigenvalue weighted by atomic mass is 16.2. The summed E-state index contributed by atoms with van der Waals surface area (Å²) in [6.07, 6.45) is 1.83. The summed E-state index contributed by atoms with van der Waals surface area (Å²) in [6.45, 7) is 7.13. The molecule has 0 bridgehead atoms. The number of carbonyl (C=O) groups is 1. The Morgan fingerprint density at radius 2 is 2.11 bits per heavy atom. The van der Waals surface area contributed by atoms with Crippen LogP contribution >= 0.6 is 0 Å². The van der Waals surface area contributed by atoms with Crippen LogP contribution in [0.15, 0.2) is 12.3 Å². The standard InChI is InChI=1S/C13H19N5O/c1-9-7-12(17(4)16-9)13(19)14-5-6-18-10(2)8-15-11(18)3/h7-8H,5-6H2,1-4H3,(H,14,19). The zero-order valence-corrected chi connectivity index (χ0v) is 11.8. The fraction of sp³-hybridized carbons (Fsp3) is 0.462. The van der Waals surface area contributed by atoms with E-state index in [1.165, 1.54) is 0 Å². The molecule has 102 valence electrons. The Kier molecular flexibility index (Phi) is 3.69. The molecular formula is C13H19N5O. The van der Waals surface area contributed by atoms with Crippen molar-refractivity contribution in [2.45, 2.75) is 27.3 Å². The van der Waals surface area contributed by atoms with Crippen LogP contribution in [0.3, 0.4) is 0 Å². The van der Waals surface area contributed by atoms with Crippen LogP contribution in [0.5, 0.6) is 0 Å². The number of hydrogen-bond acceptors (Lipinski definition) is 3. The number of nitrogens with zero attached hydrogens (tertiary/aromatic N) is 4. The van der Waals surface area contributed by atoms with Gasteiger partial charge in [0.2, 0.25) is 0 Å². The maximum atomic E-state index is 12.0. The number of rotatable bonds is 4. The van der Waals surface area contributed by atoms with Crippen molar-refractivity contribution in [2.24, 2.45) is 7.05 Å². The molecular weight excluding hydrogens is 242 g/mol. The summed E-state index contributed by atoms with van der Waals surface area (Å²) in [5, 5.41) is 7.06. The van der Waals surface area contributed by atoms with Crippen molar-refractivity contribution in [3.05, 3.63) is 35.2 Å². The molecule has 1 N–H and O–H groups in total. The predicted molar refractivity (Wildman–Crippen MR) is 72.0 cm³/mol. The fourth-order valence-corrected chi connectivity index (χ4v) is 2.11. The summed E-state index contributed by atoms with van der Waals surface area (Å²) in [5.41, 5.74) is 2.52. The van der Waals surface area contributed by atoms with Gasteiger partial charge in [-0.05, 0) is 26.8 Å². The van der Waals surface area contributed by atoms with Gasteiger partial charge in [-0.25, -0.2) is 4.98 Å². The minimum absolute atomic E-state index is 0.0986. The molecule has 0 saturated carbocycles. The maximum absolute atomic E-state index is 12.0. The zero-order chi connectivity index (χ0) is 14.0. The van der Waals surface area contributed by atoms with E-state index in [9.17, 15) is 4.79 Å². The quantitative estimate of drug-likeness (QED) is 0.892. The third-order valence-corrected chi connectivity index (χ3v) is 3.11. The minimum atomic E-state index is -0.0986. The number of imidazole rings is 1. The van der Waals surface area contributed by atoms with E-state index in [4.69, 9.17) is 0 Å². The summed E-state index contributed by atoms with van der Waals surface area (Å²) in [7, 11) is 1.77. The normalized spacial score (nSPS) is 10.7. The smallest absolute Gasteiger partial charge is 0.269 e. The molecule has 2 aromatic heterocycles. The first-order chi connectivity index (χ1) is 8.99. The van der Waals surface area contributed by atoms with Crippen LogP contribution in [0.4, 0.5) is 0 Å². The van der Waals surface area contributed by atoms with Gasteiger partial charge in [-0.3, -0.25) is 9.48 Å². The van der Waals surface area contributed by atoms with Crippen LogP contribution in [0, 0.1) is 20.8 Å². The summed E-state index contributed by atoms with van der Waals surface area (Å²) in [5.74, 6) is 0.863. The van der Waals surface area contributed by atoms with Crippen molar-refractivity contribution >= 4 is 5.91 Å². The summed E-state index contributed by atoms with van der Waals surface area (Å²) in [4.78, 5) is 16.2. The lowest BCUT2D eigenvalue weighted by molar-refractivity contribution is 0.0942. The lowest BCUT2D eigenvalue weighted by Gasteiger charge is -2.09.